The third-order valence-electron chi connectivity index (χ3n) is 1.73. The van der Waals surface area contributed by atoms with Gasteiger partial charge in [0.2, 0.25) is 0 Å². The number of nitrogens with one attached hydrogen (secondary N) is 1. The van der Waals surface area contributed by atoms with Crippen LogP contribution in [0.25, 0.3) is 0 Å². The van der Waals surface area contributed by atoms with Crippen LogP contribution in [0.3, 0.4) is 0 Å². The van der Waals surface area contributed by atoms with Crippen LogP contribution in [0.2, 0.25) is 0 Å². The Morgan fingerprint density at radius 2 is 2.19 bits per heavy atom. The lowest BCUT2D eigenvalue weighted by atomic mass is 10.1. The summed E-state index contributed by atoms with van der Waals surface area (Å²) in [6.45, 7) is -0.663. The highest BCUT2D eigenvalue weighted by Gasteiger charge is 2.38. The molecule has 1 atom stereocenters. The first-order valence-electron chi connectivity index (χ1n) is 4.40. The summed E-state index contributed by atoms with van der Waals surface area (Å²) in [5, 5.41) is 8.26. The summed E-state index contributed by atoms with van der Waals surface area (Å²) < 4.78 is 37.0. The fraction of sp³-hybridized carbons (Fsp3) is 0.300. The van der Waals surface area contributed by atoms with Gasteiger partial charge in [-0.25, -0.2) is 10.5 Å². The smallest absolute Gasteiger partial charge is 0.317 e. The van der Waals surface area contributed by atoms with Crippen molar-refractivity contribution in [3.63, 3.8) is 0 Å². The van der Waals surface area contributed by atoms with Crippen LogP contribution >= 0.6 is 0 Å². The molecule has 0 saturated carbocycles. The van der Waals surface area contributed by atoms with Crippen molar-refractivity contribution in [1.29, 1.82) is 0 Å². The van der Waals surface area contributed by atoms with Gasteiger partial charge in [0.25, 0.3) is 0 Å². The van der Waals surface area contributed by atoms with Crippen molar-refractivity contribution in [2.24, 2.45) is 5.92 Å². The molecule has 0 aliphatic carbocycles. The second-order valence-corrected chi connectivity index (χ2v) is 2.94. The average molecular weight is 230 g/mol. The summed E-state index contributed by atoms with van der Waals surface area (Å²) in [5.41, 5.74) is 1.73. The van der Waals surface area contributed by atoms with Crippen molar-refractivity contribution in [1.82, 2.24) is 10.5 Å². The molecule has 0 bridgehead atoms. The van der Waals surface area contributed by atoms with Gasteiger partial charge in [-0.15, -0.1) is 0 Å². The molecule has 0 aliphatic heterocycles. The van der Waals surface area contributed by atoms with Crippen molar-refractivity contribution in [2.45, 2.75) is 6.18 Å². The van der Waals surface area contributed by atoms with Crippen molar-refractivity contribution in [2.75, 3.05) is 6.54 Å². The zero-order chi connectivity index (χ0) is 12.0. The van der Waals surface area contributed by atoms with Crippen molar-refractivity contribution >= 4 is 0 Å². The molecule has 1 rings (SSSR count). The van der Waals surface area contributed by atoms with Gasteiger partial charge in [0.05, 0.1) is 0 Å². The van der Waals surface area contributed by atoms with Gasteiger partial charge < -0.3 is 5.21 Å². The van der Waals surface area contributed by atoms with Gasteiger partial charge in [-0.3, -0.25) is 0 Å². The Bertz CT molecular complexity index is 381. The number of hydrogen-bond donors (Lipinski definition) is 2. The molecule has 1 aromatic heterocycles. The first kappa shape index (κ1) is 12.5. The monoisotopic (exact) mass is 230 g/mol. The van der Waals surface area contributed by atoms with Gasteiger partial charge in [-0.2, -0.15) is 13.2 Å². The molecule has 1 aromatic rings. The van der Waals surface area contributed by atoms with Gasteiger partial charge in [0, 0.05) is 12.7 Å². The number of alkyl halides is 3. The number of hydrogen-bond acceptors (Lipinski definition) is 3. The maximum Gasteiger partial charge on any atom is 0.403 e. The van der Waals surface area contributed by atoms with E-state index in [0.29, 0.717) is 0 Å². The van der Waals surface area contributed by atoms with E-state index in [1.165, 1.54) is 17.7 Å². The Morgan fingerprint density at radius 3 is 2.69 bits per heavy atom. The van der Waals surface area contributed by atoms with Crippen LogP contribution in [-0.4, -0.2) is 22.9 Å². The Labute approximate surface area is 90.3 Å². The van der Waals surface area contributed by atoms with Gasteiger partial charge in [-0.1, -0.05) is 12.0 Å². The summed E-state index contributed by atoms with van der Waals surface area (Å²) >= 11 is 0. The Kier molecular flexibility index (Phi) is 4.28. The first-order chi connectivity index (χ1) is 7.54. The number of aromatic nitrogens is 1. The van der Waals surface area contributed by atoms with Crippen LogP contribution in [0.5, 0.6) is 0 Å². The topological polar surface area (TPSA) is 45.1 Å². The second kappa shape index (κ2) is 5.49. The summed E-state index contributed by atoms with van der Waals surface area (Å²) in [6, 6.07) is 4.78. The van der Waals surface area contributed by atoms with E-state index in [-0.39, 0.29) is 5.69 Å². The highest BCUT2D eigenvalue weighted by atomic mass is 19.4. The van der Waals surface area contributed by atoms with Crippen molar-refractivity contribution < 1.29 is 18.4 Å². The molecule has 1 unspecified atom stereocenters. The van der Waals surface area contributed by atoms with Gasteiger partial charge in [0.15, 0.2) is 0 Å². The molecule has 0 aliphatic rings. The average Bonchev–Trinajstić information content (AvgIpc) is 2.24. The quantitative estimate of drug-likeness (QED) is 0.599. The van der Waals surface area contributed by atoms with E-state index < -0.39 is 18.6 Å². The number of nitrogens with zero attached hydrogens (tertiary/aromatic N) is 1. The lowest BCUT2D eigenvalue weighted by Crippen LogP contribution is -2.31. The highest BCUT2D eigenvalue weighted by Crippen LogP contribution is 2.24. The van der Waals surface area contributed by atoms with E-state index in [1.54, 1.807) is 12.1 Å². The van der Waals surface area contributed by atoms with Crippen LogP contribution in [0.1, 0.15) is 5.69 Å². The zero-order valence-corrected chi connectivity index (χ0v) is 8.12. The molecule has 3 nitrogen and oxygen atoms in total. The maximum absolute atomic E-state index is 12.3. The number of halogens is 3. The molecule has 0 spiro atoms. The molecule has 0 amide bonds. The van der Waals surface area contributed by atoms with E-state index in [1.807, 2.05) is 5.92 Å². The standard InChI is InChI=1S/C10H9F3N2O/c11-10(12,13)8(7-15-16)4-5-9-3-1-2-6-14-9/h1-3,6,8,15-16H,7H2. The van der Waals surface area contributed by atoms with Crippen LogP contribution in [0.4, 0.5) is 13.2 Å². The lowest BCUT2D eigenvalue weighted by Gasteiger charge is -2.12. The molecule has 86 valence electrons. The number of rotatable bonds is 2. The minimum Gasteiger partial charge on any atom is -0.317 e. The van der Waals surface area contributed by atoms with Crippen molar-refractivity contribution in [3.8, 4) is 11.8 Å². The van der Waals surface area contributed by atoms with Gasteiger partial charge >= 0.3 is 6.18 Å². The van der Waals surface area contributed by atoms with E-state index in [4.69, 9.17) is 5.21 Å². The minimum absolute atomic E-state index is 0.259. The van der Waals surface area contributed by atoms with E-state index in [0.717, 1.165) is 0 Å². The molecular weight excluding hydrogens is 221 g/mol. The molecule has 16 heavy (non-hydrogen) atoms. The van der Waals surface area contributed by atoms with Crippen LogP contribution in [-0.2, 0) is 0 Å². The highest BCUT2D eigenvalue weighted by molar-refractivity contribution is 5.28. The molecule has 0 aromatic carbocycles. The lowest BCUT2D eigenvalue weighted by molar-refractivity contribution is -0.161. The number of hydroxylamine groups is 1. The Morgan fingerprint density at radius 1 is 1.44 bits per heavy atom. The zero-order valence-electron chi connectivity index (χ0n) is 8.12. The van der Waals surface area contributed by atoms with E-state index in [2.05, 4.69) is 10.9 Å². The predicted molar refractivity (Wildman–Crippen MR) is 50.4 cm³/mol. The Balaban J connectivity index is 2.80. The molecule has 0 fully saturated rings. The van der Waals surface area contributed by atoms with Crippen LogP contribution in [0, 0.1) is 17.8 Å². The summed E-state index contributed by atoms with van der Waals surface area (Å²) in [6.07, 6.45) is -3.03. The SMILES string of the molecule is ONCC(C#Cc1ccccn1)C(F)(F)F. The number of pyridine rings is 1. The third-order valence-corrected chi connectivity index (χ3v) is 1.73. The molecule has 1 heterocycles. The van der Waals surface area contributed by atoms with Gasteiger partial charge in [0.1, 0.15) is 11.6 Å². The molecule has 0 radical (unpaired) electrons. The maximum atomic E-state index is 12.3. The van der Waals surface area contributed by atoms with E-state index in [9.17, 15) is 13.2 Å². The predicted octanol–water partition coefficient (Wildman–Crippen LogP) is 1.59. The summed E-state index contributed by atoms with van der Waals surface area (Å²) in [7, 11) is 0. The van der Waals surface area contributed by atoms with Crippen LogP contribution in [0.15, 0.2) is 24.4 Å². The first-order valence-corrected chi connectivity index (χ1v) is 4.40. The minimum atomic E-state index is -4.47. The second-order valence-electron chi connectivity index (χ2n) is 2.94. The molecule has 0 saturated heterocycles. The fourth-order valence-corrected chi connectivity index (χ4v) is 0.938. The molecule has 6 heteroatoms. The Hall–Kier alpha value is -1.58. The molecular formula is C10H9F3N2O. The fourth-order valence-electron chi connectivity index (χ4n) is 0.938. The third kappa shape index (κ3) is 3.88. The van der Waals surface area contributed by atoms with Gasteiger partial charge in [-0.05, 0) is 18.1 Å². The summed E-state index contributed by atoms with van der Waals surface area (Å²) in [4.78, 5) is 3.77. The largest absolute Gasteiger partial charge is 0.403 e. The molecule has 2 N–H and O–H groups in total. The normalized spacial score (nSPS) is 12.8. The van der Waals surface area contributed by atoms with Crippen LogP contribution < -0.4 is 5.48 Å². The van der Waals surface area contributed by atoms with Crippen molar-refractivity contribution in [3.05, 3.63) is 30.1 Å². The summed E-state index contributed by atoms with van der Waals surface area (Å²) in [5.74, 6) is 2.40. The van der Waals surface area contributed by atoms with E-state index >= 15 is 0 Å².